The molecule has 122 valence electrons. The van der Waals surface area contributed by atoms with Crippen molar-refractivity contribution >= 4 is 5.97 Å². The summed E-state index contributed by atoms with van der Waals surface area (Å²) in [6.07, 6.45) is 5.93. The Hall–Kier alpha value is -0.610. The van der Waals surface area contributed by atoms with Gasteiger partial charge >= 0.3 is 5.97 Å². The van der Waals surface area contributed by atoms with Crippen LogP contribution in [0.4, 0.5) is 0 Å². The average Bonchev–Trinajstić information content (AvgIpc) is 3.17. The zero-order valence-corrected chi connectivity index (χ0v) is 14.2. The lowest BCUT2D eigenvalue weighted by molar-refractivity contribution is -0.153. The molecular formula is C17H31NO3. The lowest BCUT2D eigenvalue weighted by atomic mass is 9.71. The molecular weight excluding hydrogens is 266 g/mol. The third-order valence-corrected chi connectivity index (χ3v) is 4.69. The highest BCUT2D eigenvalue weighted by atomic mass is 16.5. The Bertz CT molecular complexity index is 378. The molecule has 4 heteroatoms. The van der Waals surface area contributed by atoms with Gasteiger partial charge in [-0.05, 0) is 50.4 Å². The minimum atomic E-state index is -0.721. The smallest absolute Gasteiger partial charge is 0.328 e. The predicted octanol–water partition coefficient (Wildman–Crippen LogP) is 2.90. The fraction of sp³-hybridized carbons (Fsp3) is 0.941. The summed E-state index contributed by atoms with van der Waals surface area (Å²) in [5, 5.41) is 3.39. The second-order valence-electron chi connectivity index (χ2n) is 8.09. The SMILES string of the molecule is COC(=O)C(C)(COC1CC(C)CC(C)(C)C1)NC1CC1. The summed E-state index contributed by atoms with van der Waals surface area (Å²) < 4.78 is 11.1. The lowest BCUT2D eigenvalue weighted by Gasteiger charge is -2.40. The van der Waals surface area contributed by atoms with Crippen LogP contribution >= 0.6 is 0 Å². The molecule has 1 N–H and O–H groups in total. The molecule has 0 aliphatic heterocycles. The van der Waals surface area contributed by atoms with Crippen LogP contribution in [-0.2, 0) is 14.3 Å². The molecule has 0 radical (unpaired) electrons. The van der Waals surface area contributed by atoms with Gasteiger partial charge in [-0.15, -0.1) is 0 Å². The minimum Gasteiger partial charge on any atom is -0.468 e. The average molecular weight is 297 g/mol. The molecule has 3 atom stereocenters. The van der Waals surface area contributed by atoms with E-state index in [0.29, 0.717) is 24.0 Å². The molecule has 0 amide bonds. The van der Waals surface area contributed by atoms with Crippen molar-refractivity contribution in [3.8, 4) is 0 Å². The molecule has 0 bridgehead atoms. The first-order valence-corrected chi connectivity index (χ1v) is 8.22. The second kappa shape index (κ2) is 6.25. The highest BCUT2D eigenvalue weighted by Gasteiger charge is 2.41. The molecule has 4 nitrogen and oxygen atoms in total. The number of hydrogen-bond donors (Lipinski definition) is 1. The summed E-state index contributed by atoms with van der Waals surface area (Å²) in [5.41, 5.74) is -0.394. The summed E-state index contributed by atoms with van der Waals surface area (Å²) in [7, 11) is 1.45. The van der Waals surface area contributed by atoms with E-state index >= 15 is 0 Å². The van der Waals surface area contributed by atoms with E-state index in [2.05, 4.69) is 26.1 Å². The summed E-state index contributed by atoms with van der Waals surface area (Å²) in [5.74, 6) is 0.456. The molecule has 2 aliphatic rings. The Morgan fingerprint density at radius 1 is 1.33 bits per heavy atom. The molecule has 3 unspecified atom stereocenters. The Morgan fingerprint density at radius 3 is 2.52 bits per heavy atom. The number of esters is 1. The number of carbonyl (C=O) groups is 1. The van der Waals surface area contributed by atoms with Gasteiger partial charge in [0.2, 0.25) is 0 Å². The monoisotopic (exact) mass is 297 g/mol. The van der Waals surface area contributed by atoms with Crippen LogP contribution in [0.5, 0.6) is 0 Å². The van der Waals surface area contributed by atoms with Gasteiger partial charge in [-0.3, -0.25) is 5.32 Å². The summed E-state index contributed by atoms with van der Waals surface area (Å²) in [6, 6.07) is 0.444. The van der Waals surface area contributed by atoms with E-state index in [9.17, 15) is 4.79 Å². The molecule has 0 aromatic rings. The number of methoxy groups -OCH3 is 1. The number of hydrogen-bond acceptors (Lipinski definition) is 4. The zero-order chi connectivity index (χ0) is 15.7. The van der Waals surface area contributed by atoms with Crippen molar-refractivity contribution in [2.75, 3.05) is 13.7 Å². The number of nitrogens with one attached hydrogen (secondary N) is 1. The van der Waals surface area contributed by atoms with Crippen molar-refractivity contribution in [3.05, 3.63) is 0 Å². The maximum absolute atomic E-state index is 12.1. The molecule has 21 heavy (non-hydrogen) atoms. The van der Waals surface area contributed by atoms with E-state index < -0.39 is 5.54 Å². The van der Waals surface area contributed by atoms with Crippen molar-refractivity contribution in [3.63, 3.8) is 0 Å². The number of carbonyl (C=O) groups excluding carboxylic acids is 1. The van der Waals surface area contributed by atoms with E-state index in [1.165, 1.54) is 13.5 Å². The first-order chi connectivity index (χ1) is 9.74. The van der Waals surface area contributed by atoms with Crippen LogP contribution in [0.1, 0.15) is 59.8 Å². The van der Waals surface area contributed by atoms with Crippen molar-refractivity contribution in [2.24, 2.45) is 11.3 Å². The molecule has 0 heterocycles. The van der Waals surface area contributed by atoms with Crippen LogP contribution in [0.2, 0.25) is 0 Å². The lowest BCUT2D eigenvalue weighted by Crippen LogP contribution is -2.55. The Labute approximate surface area is 129 Å². The maximum Gasteiger partial charge on any atom is 0.328 e. The standard InChI is InChI=1S/C17H31NO3/c1-12-8-14(10-16(2,3)9-12)21-11-17(4,15(19)20-5)18-13-6-7-13/h12-14,18H,6-11H2,1-5H3. The Morgan fingerprint density at radius 2 is 2.00 bits per heavy atom. The van der Waals surface area contributed by atoms with Gasteiger partial charge in [-0.2, -0.15) is 0 Å². The van der Waals surface area contributed by atoms with E-state index in [1.54, 1.807) is 0 Å². The quantitative estimate of drug-likeness (QED) is 0.766. The van der Waals surface area contributed by atoms with E-state index in [4.69, 9.17) is 9.47 Å². The molecule has 2 rings (SSSR count). The number of rotatable bonds is 6. The Balaban J connectivity index is 1.92. The van der Waals surface area contributed by atoms with Gasteiger partial charge < -0.3 is 9.47 Å². The summed E-state index contributed by atoms with van der Waals surface area (Å²) in [6.45, 7) is 9.19. The highest BCUT2D eigenvalue weighted by Crippen LogP contribution is 2.40. The largest absolute Gasteiger partial charge is 0.468 e. The topological polar surface area (TPSA) is 47.6 Å². The van der Waals surface area contributed by atoms with Crippen LogP contribution in [0.3, 0.4) is 0 Å². The molecule has 2 aliphatic carbocycles. The maximum atomic E-state index is 12.1. The zero-order valence-electron chi connectivity index (χ0n) is 14.2. The van der Waals surface area contributed by atoms with Gasteiger partial charge in [0.25, 0.3) is 0 Å². The fourth-order valence-electron chi connectivity index (χ4n) is 3.73. The molecule has 0 spiro atoms. The van der Waals surface area contributed by atoms with E-state index in [1.807, 2.05) is 6.92 Å². The molecule has 0 aromatic carbocycles. The van der Waals surface area contributed by atoms with Gasteiger partial charge in [-0.25, -0.2) is 4.79 Å². The van der Waals surface area contributed by atoms with Crippen LogP contribution in [-0.4, -0.2) is 37.4 Å². The third-order valence-electron chi connectivity index (χ3n) is 4.69. The highest BCUT2D eigenvalue weighted by molar-refractivity contribution is 5.80. The van der Waals surface area contributed by atoms with Gasteiger partial charge in [0.15, 0.2) is 0 Å². The van der Waals surface area contributed by atoms with Crippen LogP contribution in [0, 0.1) is 11.3 Å². The van der Waals surface area contributed by atoms with E-state index in [0.717, 1.165) is 25.7 Å². The molecule has 0 saturated heterocycles. The van der Waals surface area contributed by atoms with Crippen molar-refractivity contribution in [1.29, 1.82) is 0 Å². The molecule has 2 saturated carbocycles. The summed E-state index contributed by atoms with van der Waals surface area (Å²) in [4.78, 5) is 12.1. The van der Waals surface area contributed by atoms with Crippen molar-refractivity contribution < 1.29 is 14.3 Å². The second-order valence-corrected chi connectivity index (χ2v) is 8.09. The van der Waals surface area contributed by atoms with Gasteiger partial charge in [-0.1, -0.05) is 20.8 Å². The molecule has 2 fully saturated rings. The fourth-order valence-corrected chi connectivity index (χ4v) is 3.73. The van der Waals surface area contributed by atoms with Gasteiger partial charge in [0, 0.05) is 6.04 Å². The minimum absolute atomic E-state index is 0.225. The Kier molecular flexibility index (Phi) is 4.99. The van der Waals surface area contributed by atoms with Crippen molar-refractivity contribution in [1.82, 2.24) is 5.32 Å². The third kappa shape index (κ3) is 4.68. The summed E-state index contributed by atoms with van der Waals surface area (Å²) >= 11 is 0. The number of ether oxygens (including phenoxy) is 2. The van der Waals surface area contributed by atoms with Crippen LogP contribution < -0.4 is 5.32 Å². The normalized spacial score (nSPS) is 31.5. The van der Waals surface area contributed by atoms with Crippen LogP contribution in [0.15, 0.2) is 0 Å². The van der Waals surface area contributed by atoms with Gasteiger partial charge in [0.05, 0.1) is 19.8 Å². The van der Waals surface area contributed by atoms with Crippen molar-refractivity contribution in [2.45, 2.75) is 77.5 Å². The van der Waals surface area contributed by atoms with Crippen LogP contribution in [0.25, 0.3) is 0 Å². The molecule has 0 aromatic heterocycles. The van der Waals surface area contributed by atoms with E-state index in [-0.39, 0.29) is 12.1 Å². The van der Waals surface area contributed by atoms with Gasteiger partial charge in [0.1, 0.15) is 5.54 Å². The first kappa shape index (κ1) is 16.8. The first-order valence-electron chi connectivity index (χ1n) is 8.22. The predicted molar refractivity (Wildman–Crippen MR) is 83.1 cm³/mol.